The van der Waals surface area contributed by atoms with Crippen molar-refractivity contribution in [1.82, 2.24) is 5.32 Å². The lowest BCUT2D eigenvalue weighted by atomic mass is 10.1. The number of aliphatic imine (C=N–C) groups is 1. The summed E-state index contributed by atoms with van der Waals surface area (Å²) in [7, 11) is 1.45. The Morgan fingerprint density at radius 1 is 1.15 bits per heavy atom. The van der Waals surface area contributed by atoms with E-state index >= 15 is 0 Å². The van der Waals surface area contributed by atoms with Crippen LogP contribution in [0.25, 0.3) is 0 Å². The molecule has 0 aliphatic carbocycles. The second-order valence-corrected chi connectivity index (χ2v) is 5.38. The molecule has 1 aliphatic heterocycles. The van der Waals surface area contributed by atoms with Crippen molar-refractivity contribution in [2.45, 2.75) is 0 Å². The first kappa shape index (κ1) is 17.3. The summed E-state index contributed by atoms with van der Waals surface area (Å²) >= 11 is 0. The standard InChI is InChI=1S/C18H14FN3O4/c1-26-12-6-4-5-11(9-12)22-17(24)13(16(23)21-18(22)25)10-20-15-8-3-2-7-14(15)19/h2-10,13H,1H3,(H,21,23,25)/t13-/m0/s1. The molecule has 1 heterocycles. The van der Waals surface area contributed by atoms with Crippen LogP contribution in [0.1, 0.15) is 0 Å². The molecule has 0 aromatic heterocycles. The zero-order valence-corrected chi connectivity index (χ0v) is 13.7. The highest BCUT2D eigenvalue weighted by molar-refractivity contribution is 6.32. The molecule has 0 spiro atoms. The number of urea groups is 1. The SMILES string of the molecule is COc1cccc(N2C(=O)NC(=O)[C@H](C=Nc3ccccc3F)C2=O)c1. The summed E-state index contributed by atoms with van der Waals surface area (Å²) in [6.45, 7) is 0. The van der Waals surface area contributed by atoms with Crippen LogP contribution in [0.3, 0.4) is 0 Å². The lowest BCUT2D eigenvalue weighted by molar-refractivity contribution is -0.131. The Kier molecular flexibility index (Phi) is 4.74. The summed E-state index contributed by atoms with van der Waals surface area (Å²) in [6.07, 6.45) is 1.02. The second-order valence-electron chi connectivity index (χ2n) is 5.38. The number of amides is 4. The van der Waals surface area contributed by atoms with Crippen molar-refractivity contribution >= 4 is 35.4 Å². The van der Waals surface area contributed by atoms with Crippen LogP contribution >= 0.6 is 0 Å². The van der Waals surface area contributed by atoms with Crippen molar-refractivity contribution in [2.75, 3.05) is 12.0 Å². The number of nitrogens with zero attached hydrogens (tertiary/aromatic N) is 2. The molecule has 0 unspecified atom stereocenters. The molecule has 7 nitrogen and oxygen atoms in total. The Bertz CT molecular complexity index is 913. The number of methoxy groups -OCH3 is 1. The smallest absolute Gasteiger partial charge is 0.335 e. The lowest BCUT2D eigenvalue weighted by Gasteiger charge is -2.28. The van der Waals surface area contributed by atoms with E-state index in [0.29, 0.717) is 5.75 Å². The quantitative estimate of drug-likeness (QED) is 0.674. The average Bonchev–Trinajstić information content (AvgIpc) is 2.63. The molecule has 1 aliphatic rings. The van der Waals surface area contributed by atoms with E-state index in [2.05, 4.69) is 10.3 Å². The van der Waals surface area contributed by atoms with E-state index in [1.807, 2.05) is 0 Å². The maximum absolute atomic E-state index is 13.6. The number of para-hydroxylation sites is 1. The highest BCUT2D eigenvalue weighted by Crippen LogP contribution is 2.25. The molecule has 1 saturated heterocycles. The van der Waals surface area contributed by atoms with Crippen LogP contribution < -0.4 is 15.0 Å². The third-order valence-electron chi connectivity index (χ3n) is 3.73. The number of hydrogen-bond acceptors (Lipinski definition) is 5. The summed E-state index contributed by atoms with van der Waals surface area (Å²) in [6, 6.07) is 11.1. The number of carbonyl (C=O) groups excluding carboxylic acids is 3. The molecule has 0 bridgehead atoms. The minimum Gasteiger partial charge on any atom is -0.497 e. The van der Waals surface area contributed by atoms with E-state index in [9.17, 15) is 18.8 Å². The van der Waals surface area contributed by atoms with Crippen LogP contribution in [0.2, 0.25) is 0 Å². The van der Waals surface area contributed by atoms with E-state index < -0.39 is 29.6 Å². The summed E-state index contributed by atoms with van der Waals surface area (Å²) in [5, 5.41) is 2.10. The second kappa shape index (κ2) is 7.14. The maximum Gasteiger partial charge on any atom is 0.335 e. The first-order chi connectivity index (χ1) is 12.5. The van der Waals surface area contributed by atoms with Gasteiger partial charge in [-0.05, 0) is 24.3 Å². The van der Waals surface area contributed by atoms with Crippen LogP contribution in [0.5, 0.6) is 5.75 Å². The van der Waals surface area contributed by atoms with Crippen LogP contribution in [-0.4, -0.2) is 31.2 Å². The molecule has 132 valence electrons. The van der Waals surface area contributed by atoms with Crippen molar-refractivity contribution in [3.63, 3.8) is 0 Å². The Balaban J connectivity index is 1.91. The molecule has 1 fully saturated rings. The Morgan fingerprint density at radius 3 is 2.65 bits per heavy atom. The largest absolute Gasteiger partial charge is 0.497 e. The van der Waals surface area contributed by atoms with E-state index in [4.69, 9.17) is 4.74 Å². The summed E-state index contributed by atoms with van der Waals surface area (Å²) in [5.74, 6) is -3.12. The first-order valence-electron chi connectivity index (χ1n) is 7.63. The number of halogens is 1. The van der Waals surface area contributed by atoms with Gasteiger partial charge in [0.1, 0.15) is 11.6 Å². The molecule has 0 radical (unpaired) electrons. The Morgan fingerprint density at radius 2 is 1.92 bits per heavy atom. The third kappa shape index (κ3) is 3.30. The summed E-state index contributed by atoms with van der Waals surface area (Å²) in [5.41, 5.74) is 0.224. The van der Waals surface area contributed by atoms with Gasteiger partial charge in [-0.1, -0.05) is 18.2 Å². The summed E-state index contributed by atoms with van der Waals surface area (Å²) in [4.78, 5) is 41.5. The predicted molar refractivity (Wildman–Crippen MR) is 92.1 cm³/mol. The number of hydrogen-bond donors (Lipinski definition) is 1. The maximum atomic E-state index is 13.6. The van der Waals surface area contributed by atoms with E-state index in [1.165, 1.54) is 37.4 Å². The zero-order chi connectivity index (χ0) is 18.7. The Labute approximate surface area is 148 Å². The number of nitrogens with one attached hydrogen (secondary N) is 1. The molecule has 4 amide bonds. The predicted octanol–water partition coefficient (Wildman–Crippen LogP) is 2.44. The van der Waals surface area contributed by atoms with Crippen LogP contribution in [0, 0.1) is 11.7 Å². The van der Waals surface area contributed by atoms with Gasteiger partial charge in [0.25, 0.3) is 5.91 Å². The molecule has 3 rings (SSSR count). The fraction of sp³-hybridized carbons (Fsp3) is 0.111. The van der Waals surface area contributed by atoms with Gasteiger partial charge in [-0.2, -0.15) is 0 Å². The number of ether oxygens (including phenoxy) is 1. The van der Waals surface area contributed by atoms with Crippen LogP contribution in [0.4, 0.5) is 20.6 Å². The number of benzene rings is 2. The van der Waals surface area contributed by atoms with Gasteiger partial charge >= 0.3 is 6.03 Å². The minimum absolute atomic E-state index is 0.0158. The molecule has 8 heteroatoms. The molecule has 1 atom stereocenters. The lowest BCUT2D eigenvalue weighted by Crippen LogP contribution is -2.58. The highest BCUT2D eigenvalue weighted by atomic mass is 19.1. The van der Waals surface area contributed by atoms with Gasteiger partial charge < -0.3 is 4.74 Å². The van der Waals surface area contributed by atoms with Crippen LogP contribution in [-0.2, 0) is 9.59 Å². The minimum atomic E-state index is -1.36. The van der Waals surface area contributed by atoms with Crippen molar-refractivity contribution in [3.05, 3.63) is 54.3 Å². The fourth-order valence-electron chi connectivity index (χ4n) is 2.43. The third-order valence-corrected chi connectivity index (χ3v) is 3.73. The van der Waals surface area contributed by atoms with Crippen molar-refractivity contribution in [3.8, 4) is 5.75 Å². The molecule has 1 N–H and O–H groups in total. The number of carbonyl (C=O) groups is 3. The fourth-order valence-corrected chi connectivity index (χ4v) is 2.43. The number of rotatable bonds is 4. The topological polar surface area (TPSA) is 88.1 Å². The molecular formula is C18H14FN3O4. The van der Waals surface area contributed by atoms with E-state index in [0.717, 1.165) is 11.1 Å². The van der Waals surface area contributed by atoms with Gasteiger partial charge in [-0.3, -0.25) is 19.9 Å². The normalized spacial score (nSPS) is 17.5. The molecular weight excluding hydrogens is 341 g/mol. The van der Waals surface area contributed by atoms with Gasteiger partial charge in [0.05, 0.1) is 18.5 Å². The molecule has 2 aromatic rings. The van der Waals surface area contributed by atoms with Crippen LogP contribution in [0.15, 0.2) is 53.5 Å². The van der Waals surface area contributed by atoms with Crippen molar-refractivity contribution in [1.29, 1.82) is 0 Å². The van der Waals surface area contributed by atoms with Crippen molar-refractivity contribution < 1.29 is 23.5 Å². The highest BCUT2D eigenvalue weighted by Gasteiger charge is 2.40. The van der Waals surface area contributed by atoms with E-state index in [1.54, 1.807) is 18.2 Å². The Hall–Kier alpha value is -3.55. The van der Waals surface area contributed by atoms with Gasteiger partial charge in [-0.25, -0.2) is 14.1 Å². The average molecular weight is 355 g/mol. The van der Waals surface area contributed by atoms with Gasteiger partial charge in [-0.15, -0.1) is 0 Å². The monoisotopic (exact) mass is 355 g/mol. The first-order valence-corrected chi connectivity index (χ1v) is 7.63. The molecule has 2 aromatic carbocycles. The van der Waals surface area contributed by atoms with Gasteiger partial charge in [0, 0.05) is 12.3 Å². The van der Waals surface area contributed by atoms with Gasteiger partial charge in [0.15, 0.2) is 5.92 Å². The van der Waals surface area contributed by atoms with E-state index in [-0.39, 0.29) is 11.4 Å². The number of anilines is 1. The molecule has 26 heavy (non-hydrogen) atoms. The van der Waals surface area contributed by atoms with Crippen molar-refractivity contribution in [2.24, 2.45) is 10.9 Å². The zero-order valence-electron chi connectivity index (χ0n) is 13.7. The summed E-state index contributed by atoms with van der Waals surface area (Å²) < 4.78 is 18.7. The number of barbiturate groups is 1. The number of imide groups is 2. The molecule has 0 saturated carbocycles. The van der Waals surface area contributed by atoms with Gasteiger partial charge in [0.2, 0.25) is 5.91 Å².